The van der Waals surface area contributed by atoms with Crippen molar-refractivity contribution in [1.29, 1.82) is 0 Å². The molecule has 0 spiro atoms. The number of aromatic nitrogens is 3. The van der Waals surface area contributed by atoms with E-state index in [9.17, 15) is 4.79 Å². The van der Waals surface area contributed by atoms with E-state index in [0.29, 0.717) is 6.54 Å². The lowest BCUT2D eigenvalue weighted by Gasteiger charge is -2.30. The molecule has 5 nitrogen and oxygen atoms in total. The molecule has 0 fully saturated rings. The van der Waals surface area contributed by atoms with E-state index in [1.807, 2.05) is 36.1 Å². The number of hydrogen-bond acceptors (Lipinski definition) is 4. The number of thioether (sulfide) groups is 1. The van der Waals surface area contributed by atoms with Crippen LogP contribution in [0.3, 0.4) is 0 Å². The number of nitrogens with zero attached hydrogens (tertiary/aromatic N) is 4. The average Bonchev–Trinajstić information content (AvgIpc) is 3.15. The summed E-state index contributed by atoms with van der Waals surface area (Å²) in [6, 6.07) is 18.7. The van der Waals surface area contributed by atoms with Crippen molar-refractivity contribution < 1.29 is 4.79 Å². The number of fused-ring (bicyclic) bond motifs is 4. The van der Waals surface area contributed by atoms with Crippen LogP contribution in [0.2, 0.25) is 0 Å². The SMILES string of the molecule is Cc1cc2nnc(S[C@@H](C)C(=O)N3CCc4ccccc4C3)n2c2ccccc12. The molecule has 6 heteroatoms. The van der Waals surface area contributed by atoms with Gasteiger partial charge in [0.1, 0.15) is 0 Å². The predicted molar refractivity (Wildman–Crippen MR) is 116 cm³/mol. The Morgan fingerprint density at radius 2 is 1.83 bits per heavy atom. The fourth-order valence-corrected chi connectivity index (χ4v) is 5.05. The maximum Gasteiger partial charge on any atom is 0.236 e. The van der Waals surface area contributed by atoms with Gasteiger partial charge < -0.3 is 4.90 Å². The second-order valence-electron chi connectivity index (χ2n) is 7.56. The molecule has 0 aliphatic carbocycles. The molecule has 0 unspecified atom stereocenters. The Kier molecular flexibility index (Phi) is 4.51. The molecule has 1 aliphatic heterocycles. The summed E-state index contributed by atoms with van der Waals surface area (Å²) in [5.41, 5.74) is 5.66. The van der Waals surface area contributed by atoms with Crippen LogP contribution in [0.15, 0.2) is 59.8 Å². The zero-order chi connectivity index (χ0) is 20.0. The summed E-state index contributed by atoms with van der Waals surface area (Å²) in [7, 11) is 0. The van der Waals surface area contributed by atoms with Crippen molar-refractivity contribution >= 4 is 34.2 Å². The van der Waals surface area contributed by atoms with Crippen LogP contribution < -0.4 is 0 Å². The minimum Gasteiger partial charge on any atom is -0.337 e. The fraction of sp³-hybridized carbons (Fsp3) is 0.261. The lowest BCUT2D eigenvalue weighted by atomic mass is 10.00. The first kappa shape index (κ1) is 18.2. The van der Waals surface area contributed by atoms with Crippen LogP contribution in [-0.2, 0) is 17.8 Å². The van der Waals surface area contributed by atoms with E-state index in [2.05, 4.69) is 51.9 Å². The van der Waals surface area contributed by atoms with E-state index in [1.54, 1.807) is 0 Å². The van der Waals surface area contributed by atoms with Gasteiger partial charge in [0, 0.05) is 18.5 Å². The third kappa shape index (κ3) is 3.17. The van der Waals surface area contributed by atoms with Crippen LogP contribution in [-0.4, -0.2) is 37.2 Å². The Balaban J connectivity index is 1.43. The first-order chi connectivity index (χ1) is 14.1. The van der Waals surface area contributed by atoms with E-state index >= 15 is 0 Å². The first-order valence-electron chi connectivity index (χ1n) is 9.87. The number of pyridine rings is 1. The van der Waals surface area contributed by atoms with Gasteiger partial charge >= 0.3 is 0 Å². The van der Waals surface area contributed by atoms with Crippen LogP contribution in [0, 0.1) is 6.92 Å². The maximum atomic E-state index is 13.1. The quantitative estimate of drug-likeness (QED) is 0.481. The number of aryl methyl sites for hydroxylation is 1. The van der Waals surface area contributed by atoms with Gasteiger partial charge in [0.15, 0.2) is 10.8 Å². The first-order valence-corrected chi connectivity index (χ1v) is 10.8. The average molecular weight is 403 g/mol. The van der Waals surface area contributed by atoms with Crippen molar-refractivity contribution in [2.75, 3.05) is 6.54 Å². The molecule has 4 aromatic rings. The van der Waals surface area contributed by atoms with Crippen LogP contribution in [0.25, 0.3) is 16.6 Å². The summed E-state index contributed by atoms with van der Waals surface area (Å²) in [4.78, 5) is 15.1. The number of hydrogen-bond donors (Lipinski definition) is 0. The molecular formula is C23H22N4OS. The Bertz CT molecular complexity index is 1230. The molecule has 146 valence electrons. The van der Waals surface area contributed by atoms with Gasteiger partial charge in [-0.3, -0.25) is 9.20 Å². The second kappa shape index (κ2) is 7.19. The van der Waals surface area contributed by atoms with Crippen molar-refractivity contribution in [2.45, 2.75) is 37.2 Å². The van der Waals surface area contributed by atoms with Gasteiger partial charge in [0.2, 0.25) is 5.91 Å². The molecule has 2 aromatic heterocycles. The standard InChI is InChI=1S/C23H22N4OS/c1-15-13-21-24-25-23(27(21)20-10-6-5-9-19(15)20)29-16(2)22(28)26-12-11-17-7-3-4-8-18(17)14-26/h3-10,13,16H,11-12,14H2,1-2H3/t16-/m0/s1. The van der Waals surface area contributed by atoms with Gasteiger partial charge in [-0.05, 0) is 49.1 Å². The van der Waals surface area contributed by atoms with E-state index < -0.39 is 0 Å². The molecule has 29 heavy (non-hydrogen) atoms. The number of rotatable bonds is 3. The van der Waals surface area contributed by atoms with E-state index in [4.69, 9.17) is 0 Å². The number of carbonyl (C=O) groups is 1. The van der Waals surface area contributed by atoms with Crippen molar-refractivity contribution in [1.82, 2.24) is 19.5 Å². The largest absolute Gasteiger partial charge is 0.337 e. The van der Waals surface area contributed by atoms with Crippen molar-refractivity contribution in [3.05, 3.63) is 71.3 Å². The number of para-hydroxylation sites is 1. The van der Waals surface area contributed by atoms with Crippen molar-refractivity contribution in [3.8, 4) is 0 Å². The Morgan fingerprint density at radius 1 is 1.07 bits per heavy atom. The number of benzene rings is 2. The van der Waals surface area contributed by atoms with Gasteiger partial charge in [0.25, 0.3) is 0 Å². The Morgan fingerprint density at radius 3 is 2.69 bits per heavy atom. The molecule has 2 aromatic carbocycles. The molecule has 0 N–H and O–H groups in total. The highest BCUT2D eigenvalue weighted by Gasteiger charge is 2.26. The predicted octanol–water partition coefficient (Wildman–Crippen LogP) is 4.26. The fourth-order valence-electron chi connectivity index (χ4n) is 4.10. The molecule has 0 radical (unpaired) electrons. The summed E-state index contributed by atoms with van der Waals surface area (Å²) in [6.45, 7) is 5.50. The molecule has 1 atom stereocenters. The van der Waals surface area contributed by atoms with Gasteiger partial charge in [-0.1, -0.05) is 54.2 Å². The third-order valence-electron chi connectivity index (χ3n) is 5.65. The van der Waals surface area contributed by atoms with E-state index in [0.717, 1.165) is 29.3 Å². The zero-order valence-electron chi connectivity index (χ0n) is 16.5. The zero-order valence-corrected chi connectivity index (χ0v) is 17.3. The maximum absolute atomic E-state index is 13.1. The summed E-state index contributed by atoms with van der Waals surface area (Å²) >= 11 is 1.48. The van der Waals surface area contributed by atoms with E-state index in [1.165, 1.54) is 33.8 Å². The highest BCUT2D eigenvalue weighted by atomic mass is 32.2. The van der Waals surface area contributed by atoms with Crippen LogP contribution in [0.4, 0.5) is 0 Å². The topological polar surface area (TPSA) is 50.5 Å². The Labute approximate surface area is 173 Å². The minimum atomic E-state index is -0.229. The Hall–Kier alpha value is -2.86. The van der Waals surface area contributed by atoms with Gasteiger partial charge in [-0.15, -0.1) is 10.2 Å². The minimum absolute atomic E-state index is 0.151. The molecule has 3 heterocycles. The third-order valence-corrected chi connectivity index (χ3v) is 6.68. The van der Waals surface area contributed by atoms with Crippen LogP contribution in [0.5, 0.6) is 0 Å². The molecule has 1 amide bonds. The molecule has 1 aliphatic rings. The number of amides is 1. The molecule has 0 bridgehead atoms. The highest BCUT2D eigenvalue weighted by Crippen LogP contribution is 2.29. The monoisotopic (exact) mass is 402 g/mol. The van der Waals surface area contributed by atoms with Gasteiger partial charge in [-0.2, -0.15) is 0 Å². The summed E-state index contributed by atoms with van der Waals surface area (Å²) in [5.74, 6) is 0.151. The van der Waals surface area contributed by atoms with Crippen molar-refractivity contribution in [3.63, 3.8) is 0 Å². The molecule has 0 saturated carbocycles. The molecular weight excluding hydrogens is 380 g/mol. The summed E-state index contributed by atoms with van der Waals surface area (Å²) in [6.07, 6.45) is 0.914. The summed E-state index contributed by atoms with van der Waals surface area (Å²) < 4.78 is 2.06. The molecule has 5 rings (SSSR count). The summed E-state index contributed by atoms with van der Waals surface area (Å²) in [5, 5.41) is 10.5. The van der Waals surface area contributed by atoms with Crippen LogP contribution >= 0.6 is 11.8 Å². The molecule has 0 saturated heterocycles. The van der Waals surface area contributed by atoms with Crippen molar-refractivity contribution in [2.24, 2.45) is 0 Å². The van der Waals surface area contributed by atoms with E-state index in [-0.39, 0.29) is 11.2 Å². The number of carbonyl (C=O) groups excluding carboxylic acids is 1. The lowest BCUT2D eigenvalue weighted by Crippen LogP contribution is -2.40. The smallest absolute Gasteiger partial charge is 0.236 e. The van der Waals surface area contributed by atoms with Crippen LogP contribution in [0.1, 0.15) is 23.6 Å². The highest BCUT2D eigenvalue weighted by molar-refractivity contribution is 8.00. The van der Waals surface area contributed by atoms with Gasteiger partial charge in [0.05, 0.1) is 10.8 Å². The second-order valence-corrected chi connectivity index (χ2v) is 8.87. The lowest BCUT2D eigenvalue weighted by molar-refractivity contribution is -0.131. The normalized spacial score (nSPS) is 14.9. The van der Waals surface area contributed by atoms with Gasteiger partial charge in [-0.25, -0.2) is 0 Å².